The summed E-state index contributed by atoms with van der Waals surface area (Å²) < 4.78 is 6.20. The molecule has 5 rings (SSSR count). The fourth-order valence-electron chi connectivity index (χ4n) is 4.62. The number of imidazole rings is 1. The molecule has 0 saturated carbocycles. The van der Waals surface area contributed by atoms with Gasteiger partial charge in [-0.25, -0.2) is 9.97 Å². The van der Waals surface area contributed by atoms with Crippen LogP contribution in [0.15, 0.2) is 43.0 Å². The van der Waals surface area contributed by atoms with Crippen molar-refractivity contribution in [3.63, 3.8) is 0 Å². The molecule has 0 aliphatic carbocycles. The molecule has 2 aromatic heterocycles. The van der Waals surface area contributed by atoms with Crippen LogP contribution in [0.5, 0.6) is 5.75 Å². The molecule has 0 amide bonds. The zero-order valence-corrected chi connectivity index (χ0v) is 19.3. The van der Waals surface area contributed by atoms with Crippen molar-refractivity contribution >= 4 is 22.8 Å². The van der Waals surface area contributed by atoms with E-state index in [9.17, 15) is 0 Å². The molecular formula is C26H28N6O. The maximum Gasteiger partial charge on any atom is 0.222 e. The van der Waals surface area contributed by atoms with Gasteiger partial charge < -0.3 is 20.4 Å². The highest BCUT2D eigenvalue weighted by atomic mass is 16.5. The number of fused-ring (bicyclic) bond motifs is 2. The lowest BCUT2D eigenvalue weighted by molar-refractivity contribution is 0.329. The molecule has 1 aliphatic heterocycles. The molecule has 0 atom stereocenters. The van der Waals surface area contributed by atoms with E-state index in [1.54, 1.807) is 0 Å². The highest BCUT2D eigenvalue weighted by Crippen LogP contribution is 2.35. The highest BCUT2D eigenvalue weighted by Gasteiger charge is 2.23. The molecule has 0 bridgehead atoms. The first-order valence-electron chi connectivity index (χ1n) is 11.1. The van der Waals surface area contributed by atoms with Gasteiger partial charge in [-0.05, 0) is 68.1 Å². The van der Waals surface area contributed by atoms with Gasteiger partial charge in [0.05, 0.1) is 17.6 Å². The standard InChI is InChI=1S/C26H28N6O/c1-5-6-21-16(3)28-26(27)31-25(21)32-9-10-33-24-15(2)11-19(12-20(24)14-32)18-7-8-22-23(13-18)30-17(4)29-22/h5,7-8,11-13H,1,6,9-10,14H2,2-4H3,(H,29,30)(H2,27,28,31). The van der Waals surface area contributed by atoms with Gasteiger partial charge in [-0.1, -0.05) is 12.1 Å². The number of nitrogens with one attached hydrogen (secondary N) is 1. The van der Waals surface area contributed by atoms with Gasteiger partial charge in [0.15, 0.2) is 0 Å². The Bertz CT molecular complexity index is 1370. The molecule has 0 unspecified atom stereocenters. The van der Waals surface area contributed by atoms with Gasteiger partial charge in [-0.2, -0.15) is 4.98 Å². The number of anilines is 2. The number of nitrogens with zero attached hydrogens (tertiary/aromatic N) is 4. The summed E-state index contributed by atoms with van der Waals surface area (Å²) in [6.07, 6.45) is 2.57. The van der Waals surface area contributed by atoms with Crippen LogP contribution >= 0.6 is 0 Å². The molecular weight excluding hydrogens is 412 g/mol. The zero-order valence-electron chi connectivity index (χ0n) is 19.3. The van der Waals surface area contributed by atoms with E-state index in [4.69, 9.17) is 10.5 Å². The Morgan fingerprint density at radius 1 is 1.12 bits per heavy atom. The smallest absolute Gasteiger partial charge is 0.222 e. The van der Waals surface area contributed by atoms with Gasteiger partial charge in [-0.3, -0.25) is 0 Å². The number of H-pyrrole nitrogens is 1. The van der Waals surface area contributed by atoms with Crippen molar-refractivity contribution in [1.29, 1.82) is 0 Å². The third-order valence-electron chi connectivity index (χ3n) is 6.11. The van der Waals surface area contributed by atoms with Crippen LogP contribution in [0.1, 0.15) is 28.2 Å². The quantitative estimate of drug-likeness (QED) is 0.449. The van der Waals surface area contributed by atoms with Crippen molar-refractivity contribution in [2.24, 2.45) is 0 Å². The third kappa shape index (κ3) is 3.91. The summed E-state index contributed by atoms with van der Waals surface area (Å²) in [4.78, 5) is 19.1. The number of rotatable bonds is 4. The Morgan fingerprint density at radius 2 is 1.97 bits per heavy atom. The molecule has 2 aromatic carbocycles. The number of nitrogens with two attached hydrogens (primary N) is 1. The molecule has 0 radical (unpaired) electrons. The Balaban J connectivity index is 1.57. The van der Waals surface area contributed by atoms with E-state index >= 15 is 0 Å². The van der Waals surface area contributed by atoms with Crippen LogP contribution < -0.4 is 15.4 Å². The van der Waals surface area contributed by atoms with Crippen LogP contribution in [0, 0.1) is 20.8 Å². The number of allylic oxidation sites excluding steroid dienone is 1. The Kier molecular flexibility index (Phi) is 5.24. The molecule has 7 heteroatoms. The minimum atomic E-state index is 0.286. The molecule has 3 N–H and O–H groups in total. The summed E-state index contributed by atoms with van der Waals surface area (Å²) in [5, 5.41) is 0. The number of hydrogen-bond acceptors (Lipinski definition) is 6. The number of ether oxygens (including phenoxy) is 1. The second-order valence-electron chi connectivity index (χ2n) is 8.57. The minimum Gasteiger partial charge on any atom is -0.491 e. The van der Waals surface area contributed by atoms with Gasteiger partial charge in [0.25, 0.3) is 0 Å². The SMILES string of the molecule is C=CCc1c(C)nc(N)nc1N1CCOc2c(C)cc(-c3ccc4nc(C)[nH]c4c3)cc2C1. The Hall–Kier alpha value is -3.87. The normalized spacial score (nSPS) is 13.5. The lowest BCUT2D eigenvalue weighted by atomic mass is 9.98. The van der Waals surface area contributed by atoms with Crippen molar-refractivity contribution in [2.75, 3.05) is 23.8 Å². The molecule has 3 heterocycles. The van der Waals surface area contributed by atoms with E-state index in [1.165, 1.54) is 0 Å². The predicted molar refractivity (Wildman–Crippen MR) is 133 cm³/mol. The summed E-state index contributed by atoms with van der Waals surface area (Å²) >= 11 is 0. The van der Waals surface area contributed by atoms with E-state index in [0.717, 1.165) is 61.9 Å². The first kappa shape index (κ1) is 21.0. The van der Waals surface area contributed by atoms with Gasteiger partial charge in [-0.15, -0.1) is 6.58 Å². The lowest BCUT2D eigenvalue weighted by Crippen LogP contribution is -2.28. The number of aromatic amines is 1. The van der Waals surface area contributed by atoms with Gasteiger partial charge in [0.2, 0.25) is 5.95 Å². The van der Waals surface area contributed by atoms with Crippen LogP contribution in [-0.4, -0.2) is 33.1 Å². The average molecular weight is 441 g/mol. The molecule has 1 aliphatic rings. The first-order chi connectivity index (χ1) is 15.9. The van der Waals surface area contributed by atoms with Gasteiger partial charge in [0.1, 0.15) is 24.0 Å². The predicted octanol–water partition coefficient (Wildman–Crippen LogP) is 4.65. The highest BCUT2D eigenvalue weighted by molar-refractivity contribution is 5.82. The second-order valence-corrected chi connectivity index (χ2v) is 8.57. The summed E-state index contributed by atoms with van der Waals surface area (Å²) in [6.45, 7) is 11.9. The topological polar surface area (TPSA) is 92.9 Å². The van der Waals surface area contributed by atoms with Crippen LogP contribution in [0.3, 0.4) is 0 Å². The Morgan fingerprint density at radius 3 is 2.79 bits per heavy atom. The van der Waals surface area contributed by atoms with E-state index in [2.05, 4.69) is 68.7 Å². The van der Waals surface area contributed by atoms with E-state index in [-0.39, 0.29) is 5.95 Å². The number of nitrogen functional groups attached to an aromatic ring is 1. The molecule has 0 saturated heterocycles. The fraction of sp³-hybridized carbons (Fsp3) is 0.269. The summed E-state index contributed by atoms with van der Waals surface area (Å²) in [6, 6.07) is 10.7. The van der Waals surface area contributed by atoms with E-state index in [0.29, 0.717) is 26.1 Å². The molecule has 4 aromatic rings. The van der Waals surface area contributed by atoms with Crippen molar-refractivity contribution < 1.29 is 4.74 Å². The maximum absolute atomic E-state index is 6.20. The van der Waals surface area contributed by atoms with Crippen molar-refractivity contribution in [2.45, 2.75) is 33.7 Å². The number of aryl methyl sites for hydroxylation is 3. The number of hydrogen-bond donors (Lipinski definition) is 2. The molecule has 7 nitrogen and oxygen atoms in total. The summed E-state index contributed by atoms with van der Waals surface area (Å²) in [7, 11) is 0. The van der Waals surface area contributed by atoms with Crippen molar-refractivity contribution in [3.05, 3.63) is 71.2 Å². The summed E-state index contributed by atoms with van der Waals surface area (Å²) in [5.74, 6) is 3.00. The number of aromatic nitrogens is 4. The van der Waals surface area contributed by atoms with Gasteiger partial charge in [0, 0.05) is 23.4 Å². The molecule has 0 fully saturated rings. The van der Waals surface area contributed by atoms with Crippen LogP contribution in [0.2, 0.25) is 0 Å². The average Bonchev–Trinajstić information content (AvgIpc) is 3.01. The van der Waals surface area contributed by atoms with Crippen molar-refractivity contribution in [3.8, 4) is 16.9 Å². The lowest BCUT2D eigenvalue weighted by Gasteiger charge is -2.24. The molecule has 168 valence electrons. The van der Waals surface area contributed by atoms with Crippen LogP contribution in [0.25, 0.3) is 22.2 Å². The number of benzene rings is 2. The van der Waals surface area contributed by atoms with Crippen LogP contribution in [0.4, 0.5) is 11.8 Å². The maximum atomic E-state index is 6.20. The first-order valence-corrected chi connectivity index (χ1v) is 11.1. The molecule has 0 spiro atoms. The zero-order chi connectivity index (χ0) is 23.1. The van der Waals surface area contributed by atoms with Crippen molar-refractivity contribution in [1.82, 2.24) is 19.9 Å². The fourth-order valence-corrected chi connectivity index (χ4v) is 4.62. The van der Waals surface area contributed by atoms with Crippen LogP contribution in [-0.2, 0) is 13.0 Å². The third-order valence-corrected chi connectivity index (χ3v) is 6.11. The van der Waals surface area contributed by atoms with E-state index in [1.807, 2.05) is 19.9 Å². The Labute approximate surface area is 193 Å². The summed E-state index contributed by atoms with van der Waals surface area (Å²) in [5.41, 5.74) is 14.5. The monoisotopic (exact) mass is 440 g/mol. The minimum absolute atomic E-state index is 0.286. The van der Waals surface area contributed by atoms with Gasteiger partial charge >= 0.3 is 0 Å². The molecule has 33 heavy (non-hydrogen) atoms. The van der Waals surface area contributed by atoms with E-state index < -0.39 is 0 Å². The largest absolute Gasteiger partial charge is 0.491 e. The second kappa shape index (κ2) is 8.24.